The van der Waals surface area contributed by atoms with E-state index in [0.717, 1.165) is 49.4 Å². The summed E-state index contributed by atoms with van der Waals surface area (Å²) < 4.78 is 37.8. The van der Waals surface area contributed by atoms with Crippen molar-refractivity contribution in [2.75, 3.05) is 23.3 Å². The molecular weight excluding hydrogens is 341 g/mol. The van der Waals surface area contributed by atoms with Crippen LogP contribution in [0.4, 0.5) is 24.5 Å². The standard InChI is InChI=1S/C20H21F3N2O/c21-20(22,23)16-10-8-15(9-11-16)14-19(26)24-17-6-2-3-7-18(17)25-12-4-1-5-13-25/h2-3,6-11H,1,4-5,12-14H2,(H,24,26). The summed E-state index contributed by atoms with van der Waals surface area (Å²) in [4.78, 5) is 14.6. The maximum Gasteiger partial charge on any atom is 0.416 e. The zero-order valence-corrected chi connectivity index (χ0v) is 14.4. The first-order valence-corrected chi connectivity index (χ1v) is 8.73. The van der Waals surface area contributed by atoms with Gasteiger partial charge in [0, 0.05) is 13.1 Å². The third-order valence-corrected chi connectivity index (χ3v) is 4.52. The van der Waals surface area contributed by atoms with Crippen molar-refractivity contribution in [1.82, 2.24) is 0 Å². The van der Waals surface area contributed by atoms with Gasteiger partial charge in [0.1, 0.15) is 0 Å². The summed E-state index contributed by atoms with van der Waals surface area (Å²) in [5.74, 6) is -0.241. The van der Waals surface area contributed by atoms with E-state index in [-0.39, 0.29) is 12.3 Å². The summed E-state index contributed by atoms with van der Waals surface area (Å²) >= 11 is 0. The van der Waals surface area contributed by atoms with Crippen LogP contribution in [0, 0.1) is 0 Å². The van der Waals surface area contributed by atoms with E-state index in [4.69, 9.17) is 0 Å². The molecule has 1 amide bonds. The molecule has 0 bridgehead atoms. The Morgan fingerprint density at radius 1 is 0.962 bits per heavy atom. The SMILES string of the molecule is O=C(Cc1ccc(C(F)(F)F)cc1)Nc1ccccc1N1CCCCC1. The minimum Gasteiger partial charge on any atom is -0.370 e. The molecule has 26 heavy (non-hydrogen) atoms. The number of piperidine rings is 1. The normalized spacial score (nSPS) is 15.0. The van der Waals surface area contributed by atoms with Crippen molar-refractivity contribution >= 4 is 17.3 Å². The van der Waals surface area contributed by atoms with Crippen LogP contribution in [0.1, 0.15) is 30.4 Å². The molecule has 0 aliphatic carbocycles. The minimum absolute atomic E-state index is 0.0342. The second kappa shape index (κ2) is 7.81. The largest absolute Gasteiger partial charge is 0.416 e. The van der Waals surface area contributed by atoms with Gasteiger partial charge in [0.15, 0.2) is 0 Å². The van der Waals surface area contributed by atoms with Crippen LogP contribution in [0.5, 0.6) is 0 Å². The Labute approximate surface area is 150 Å². The van der Waals surface area contributed by atoms with Gasteiger partial charge in [-0.25, -0.2) is 0 Å². The first kappa shape index (κ1) is 18.3. The summed E-state index contributed by atoms with van der Waals surface area (Å²) in [7, 11) is 0. The number of para-hydroxylation sites is 2. The van der Waals surface area contributed by atoms with Crippen LogP contribution in [-0.2, 0) is 17.4 Å². The number of benzene rings is 2. The fourth-order valence-electron chi connectivity index (χ4n) is 3.18. The van der Waals surface area contributed by atoms with E-state index >= 15 is 0 Å². The van der Waals surface area contributed by atoms with E-state index in [9.17, 15) is 18.0 Å². The van der Waals surface area contributed by atoms with Gasteiger partial charge in [0.2, 0.25) is 5.91 Å². The van der Waals surface area contributed by atoms with Gasteiger partial charge in [-0.1, -0.05) is 24.3 Å². The molecule has 3 nitrogen and oxygen atoms in total. The van der Waals surface area contributed by atoms with Crippen LogP contribution in [-0.4, -0.2) is 19.0 Å². The summed E-state index contributed by atoms with van der Waals surface area (Å²) in [5.41, 5.74) is 1.57. The highest BCUT2D eigenvalue weighted by Gasteiger charge is 2.30. The van der Waals surface area contributed by atoms with Crippen molar-refractivity contribution in [3.63, 3.8) is 0 Å². The number of alkyl halides is 3. The molecule has 2 aromatic carbocycles. The predicted molar refractivity (Wildman–Crippen MR) is 96.3 cm³/mol. The van der Waals surface area contributed by atoms with Crippen molar-refractivity contribution < 1.29 is 18.0 Å². The van der Waals surface area contributed by atoms with Gasteiger partial charge in [-0.3, -0.25) is 4.79 Å². The lowest BCUT2D eigenvalue weighted by Crippen LogP contribution is -2.30. The topological polar surface area (TPSA) is 32.3 Å². The van der Waals surface area contributed by atoms with Crippen LogP contribution in [0.15, 0.2) is 48.5 Å². The Balaban J connectivity index is 1.67. The molecule has 0 unspecified atom stereocenters. The Morgan fingerprint density at radius 3 is 2.27 bits per heavy atom. The number of halogens is 3. The lowest BCUT2D eigenvalue weighted by Gasteiger charge is -2.30. The van der Waals surface area contributed by atoms with Crippen molar-refractivity contribution in [2.45, 2.75) is 31.9 Å². The third-order valence-electron chi connectivity index (χ3n) is 4.52. The highest BCUT2D eigenvalue weighted by molar-refractivity contribution is 5.95. The molecule has 1 aliphatic heterocycles. The van der Waals surface area contributed by atoms with Crippen molar-refractivity contribution in [2.24, 2.45) is 0 Å². The number of amides is 1. The highest BCUT2D eigenvalue weighted by atomic mass is 19.4. The second-order valence-electron chi connectivity index (χ2n) is 6.48. The number of rotatable bonds is 4. The maximum absolute atomic E-state index is 12.6. The molecule has 1 heterocycles. The van der Waals surface area contributed by atoms with E-state index in [1.807, 2.05) is 24.3 Å². The summed E-state index contributed by atoms with van der Waals surface area (Å²) in [6, 6.07) is 12.3. The Kier molecular flexibility index (Phi) is 5.49. The molecule has 0 spiro atoms. The quantitative estimate of drug-likeness (QED) is 0.841. The fourth-order valence-corrected chi connectivity index (χ4v) is 3.18. The Morgan fingerprint density at radius 2 is 1.62 bits per heavy atom. The molecule has 3 rings (SSSR count). The molecule has 0 atom stereocenters. The molecule has 2 aromatic rings. The lowest BCUT2D eigenvalue weighted by atomic mass is 10.1. The van der Waals surface area contributed by atoms with Gasteiger partial charge in [0.05, 0.1) is 23.4 Å². The smallest absolute Gasteiger partial charge is 0.370 e. The molecule has 6 heteroatoms. The minimum atomic E-state index is -4.37. The van der Waals surface area contributed by atoms with Crippen molar-refractivity contribution in [1.29, 1.82) is 0 Å². The number of nitrogens with zero attached hydrogens (tertiary/aromatic N) is 1. The highest BCUT2D eigenvalue weighted by Crippen LogP contribution is 2.30. The number of carbonyl (C=O) groups is 1. The first-order valence-electron chi connectivity index (χ1n) is 8.73. The number of nitrogens with one attached hydrogen (secondary N) is 1. The van der Waals surface area contributed by atoms with Crippen LogP contribution >= 0.6 is 0 Å². The third kappa shape index (κ3) is 4.56. The van der Waals surface area contributed by atoms with E-state index in [2.05, 4.69) is 10.2 Å². The second-order valence-corrected chi connectivity index (χ2v) is 6.48. The van der Waals surface area contributed by atoms with Crippen LogP contribution in [0.3, 0.4) is 0 Å². The van der Waals surface area contributed by atoms with Crippen LogP contribution in [0.25, 0.3) is 0 Å². The molecule has 1 N–H and O–H groups in total. The summed E-state index contributed by atoms with van der Waals surface area (Å²) in [6.07, 6.45) is -0.846. The van der Waals surface area contributed by atoms with Gasteiger partial charge in [0.25, 0.3) is 0 Å². The summed E-state index contributed by atoms with van der Waals surface area (Å²) in [5, 5.41) is 2.90. The first-order chi connectivity index (χ1) is 12.4. The molecule has 1 saturated heterocycles. The monoisotopic (exact) mass is 362 g/mol. The Hall–Kier alpha value is -2.50. The molecule has 1 aliphatic rings. The van der Waals surface area contributed by atoms with E-state index in [1.165, 1.54) is 18.6 Å². The van der Waals surface area contributed by atoms with Crippen LogP contribution < -0.4 is 10.2 Å². The van der Waals surface area contributed by atoms with Gasteiger partial charge in [-0.05, 0) is 49.1 Å². The summed E-state index contributed by atoms with van der Waals surface area (Å²) in [6.45, 7) is 1.93. The van der Waals surface area contributed by atoms with Gasteiger partial charge in [-0.15, -0.1) is 0 Å². The zero-order chi connectivity index (χ0) is 18.6. The number of hydrogen-bond acceptors (Lipinski definition) is 2. The number of hydrogen-bond donors (Lipinski definition) is 1. The average molecular weight is 362 g/mol. The zero-order valence-electron chi connectivity index (χ0n) is 14.4. The molecule has 0 saturated carbocycles. The number of carbonyl (C=O) groups excluding carboxylic acids is 1. The Bertz CT molecular complexity index is 750. The number of anilines is 2. The lowest BCUT2D eigenvalue weighted by molar-refractivity contribution is -0.137. The maximum atomic E-state index is 12.6. The molecular formula is C20H21F3N2O. The van der Waals surface area contributed by atoms with E-state index in [1.54, 1.807) is 0 Å². The predicted octanol–water partition coefficient (Wildman–Crippen LogP) is 4.88. The van der Waals surface area contributed by atoms with Crippen molar-refractivity contribution in [3.8, 4) is 0 Å². The van der Waals surface area contributed by atoms with E-state index in [0.29, 0.717) is 5.56 Å². The molecule has 1 fully saturated rings. The average Bonchev–Trinajstić information content (AvgIpc) is 2.62. The van der Waals surface area contributed by atoms with Gasteiger partial charge in [-0.2, -0.15) is 13.2 Å². The molecule has 138 valence electrons. The molecule has 0 aromatic heterocycles. The van der Waals surface area contributed by atoms with Crippen LogP contribution in [0.2, 0.25) is 0 Å². The van der Waals surface area contributed by atoms with Crippen molar-refractivity contribution in [3.05, 3.63) is 59.7 Å². The van der Waals surface area contributed by atoms with E-state index < -0.39 is 11.7 Å². The van der Waals surface area contributed by atoms with Gasteiger partial charge < -0.3 is 10.2 Å². The fraction of sp³-hybridized carbons (Fsp3) is 0.350. The van der Waals surface area contributed by atoms with Gasteiger partial charge >= 0.3 is 6.18 Å². The molecule has 0 radical (unpaired) electrons.